The molecule has 1 aromatic heterocycles. The van der Waals surface area contributed by atoms with Gasteiger partial charge in [0.2, 0.25) is 5.91 Å². The first kappa shape index (κ1) is 19.0. The second kappa shape index (κ2) is 6.64. The molecule has 1 aliphatic heterocycles. The average Bonchev–Trinajstić information content (AvgIpc) is 3.16. The van der Waals surface area contributed by atoms with Crippen molar-refractivity contribution in [2.75, 3.05) is 4.72 Å². The van der Waals surface area contributed by atoms with Crippen LogP contribution in [0.4, 0.5) is 5.69 Å². The molecule has 3 aromatic rings. The Morgan fingerprint density at radius 1 is 1.29 bits per heavy atom. The summed E-state index contributed by atoms with van der Waals surface area (Å²) in [5.74, 6) is -0.782. The predicted molar refractivity (Wildman–Crippen MR) is 107 cm³/mol. The van der Waals surface area contributed by atoms with Crippen LogP contribution in [-0.4, -0.2) is 24.2 Å². The van der Waals surface area contributed by atoms with E-state index in [-0.39, 0.29) is 31.4 Å². The Balaban J connectivity index is 1.72. The monoisotopic (exact) mass is 485 g/mol. The number of amides is 1. The Morgan fingerprint density at radius 3 is 2.71 bits per heavy atom. The number of carbonyl (C=O) groups is 1. The highest BCUT2D eigenvalue weighted by molar-refractivity contribution is 9.10. The van der Waals surface area contributed by atoms with Crippen LogP contribution in [0.25, 0.3) is 11.1 Å². The van der Waals surface area contributed by atoms with Crippen LogP contribution in [-0.2, 0) is 27.9 Å². The molecule has 11 heteroatoms. The number of carbonyl (C=O) groups excluding carboxylic acids is 1. The summed E-state index contributed by atoms with van der Waals surface area (Å²) >= 11 is 9.40. The van der Waals surface area contributed by atoms with Crippen LogP contribution in [0.1, 0.15) is 18.1 Å². The summed E-state index contributed by atoms with van der Waals surface area (Å²) in [6.45, 7) is 2.41. The van der Waals surface area contributed by atoms with Crippen molar-refractivity contribution in [2.45, 2.75) is 24.9 Å². The van der Waals surface area contributed by atoms with Gasteiger partial charge in [0.05, 0.1) is 5.52 Å². The standard InChI is InChI=1S/C17H13BrClN3O5S/c1-8(23)22-6-9-2-3-11(4-10(9)7-22)21-28(25,26)16-12(18)5-13-15(14(16)19)27-17(24)20-13/h2-5,21H,6-7H2,1H3,(H,20,24). The Labute approximate surface area is 172 Å². The maximum Gasteiger partial charge on any atom is 0.417 e. The number of aromatic nitrogens is 1. The number of nitrogens with one attached hydrogen (secondary N) is 2. The van der Waals surface area contributed by atoms with Gasteiger partial charge >= 0.3 is 5.76 Å². The van der Waals surface area contributed by atoms with Crippen molar-refractivity contribution in [2.24, 2.45) is 0 Å². The van der Waals surface area contributed by atoms with Crippen LogP contribution < -0.4 is 10.5 Å². The molecule has 2 N–H and O–H groups in total. The average molecular weight is 487 g/mol. The van der Waals surface area contributed by atoms with Crippen molar-refractivity contribution in [3.8, 4) is 0 Å². The number of sulfonamides is 1. The zero-order valence-electron chi connectivity index (χ0n) is 14.4. The molecule has 0 spiro atoms. The van der Waals surface area contributed by atoms with Gasteiger partial charge in [-0.2, -0.15) is 0 Å². The minimum Gasteiger partial charge on any atom is -0.406 e. The Bertz CT molecular complexity index is 1300. The lowest BCUT2D eigenvalue weighted by molar-refractivity contribution is -0.129. The number of hydrogen-bond donors (Lipinski definition) is 2. The van der Waals surface area contributed by atoms with Gasteiger partial charge in [-0.05, 0) is 45.3 Å². The fourth-order valence-corrected chi connectivity index (χ4v) is 6.05. The second-order valence-electron chi connectivity index (χ2n) is 6.36. The van der Waals surface area contributed by atoms with E-state index in [1.807, 2.05) is 0 Å². The van der Waals surface area contributed by atoms with Gasteiger partial charge in [-0.25, -0.2) is 13.2 Å². The van der Waals surface area contributed by atoms with E-state index in [9.17, 15) is 18.0 Å². The maximum absolute atomic E-state index is 12.9. The highest BCUT2D eigenvalue weighted by Gasteiger charge is 2.27. The molecule has 0 atom stereocenters. The lowest BCUT2D eigenvalue weighted by Crippen LogP contribution is -2.21. The third kappa shape index (κ3) is 3.21. The molecular weight excluding hydrogens is 474 g/mol. The summed E-state index contributed by atoms with van der Waals surface area (Å²) in [4.78, 5) is 26.8. The van der Waals surface area contributed by atoms with E-state index < -0.39 is 15.8 Å². The van der Waals surface area contributed by atoms with Crippen molar-refractivity contribution in [1.82, 2.24) is 9.88 Å². The molecule has 0 fully saturated rings. The molecule has 2 heterocycles. The van der Waals surface area contributed by atoms with Crippen LogP contribution in [0, 0.1) is 0 Å². The molecule has 1 amide bonds. The van der Waals surface area contributed by atoms with E-state index in [0.717, 1.165) is 11.1 Å². The summed E-state index contributed by atoms with van der Waals surface area (Å²) in [5, 5.41) is -0.209. The van der Waals surface area contributed by atoms with E-state index in [0.29, 0.717) is 18.8 Å². The summed E-state index contributed by atoms with van der Waals surface area (Å²) in [5.41, 5.74) is 2.41. The number of H-pyrrole nitrogens is 1. The number of aromatic amines is 1. The van der Waals surface area contributed by atoms with E-state index in [2.05, 4.69) is 25.6 Å². The van der Waals surface area contributed by atoms with Crippen LogP contribution in [0.15, 0.2) is 42.8 Å². The minimum absolute atomic E-state index is 0.0405. The van der Waals surface area contributed by atoms with E-state index in [1.165, 1.54) is 13.0 Å². The highest BCUT2D eigenvalue weighted by Crippen LogP contribution is 2.37. The third-order valence-corrected chi connectivity index (χ3v) is 7.28. The van der Waals surface area contributed by atoms with Gasteiger partial charge in [0, 0.05) is 30.2 Å². The number of rotatable bonds is 3. The lowest BCUT2D eigenvalue weighted by Gasteiger charge is -2.12. The first-order valence-corrected chi connectivity index (χ1v) is 10.7. The molecule has 28 heavy (non-hydrogen) atoms. The highest BCUT2D eigenvalue weighted by atomic mass is 79.9. The Hall–Kier alpha value is -2.30. The molecule has 0 saturated heterocycles. The van der Waals surface area contributed by atoms with E-state index in [1.54, 1.807) is 23.1 Å². The van der Waals surface area contributed by atoms with E-state index >= 15 is 0 Å². The number of nitrogens with zero attached hydrogens (tertiary/aromatic N) is 1. The first-order valence-electron chi connectivity index (χ1n) is 8.06. The van der Waals surface area contributed by atoms with Gasteiger partial charge in [-0.15, -0.1) is 0 Å². The molecule has 8 nitrogen and oxygen atoms in total. The quantitative estimate of drug-likeness (QED) is 0.590. The Kier molecular flexibility index (Phi) is 4.52. The molecule has 0 radical (unpaired) electrons. The second-order valence-corrected chi connectivity index (χ2v) is 9.21. The van der Waals surface area contributed by atoms with Crippen LogP contribution in [0.3, 0.4) is 0 Å². The van der Waals surface area contributed by atoms with E-state index in [4.69, 9.17) is 16.0 Å². The van der Waals surface area contributed by atoms with Crippen molar-refractivity contribution in [1.29, 1.82) is 0 Å². The van der Waals surface area contributed by atoms with Crippen molar-refractivity contribution >= 4 is 60.2 Å². The SMILES string of the molecule is CC(=O)N1Cc2ccc(NS(=O)(=O)c3c(Br)cc4[nH]c(=O)oc4c3Cl)cc2C1. The first-order chi connectivity index (χ1) is 13.2. The molecule has 4 rings (SSSR count). The van der Waals surface area contributed by atoms with Gasteiger partial charge in [0.15, 0.2) is 5.58 Å². The minimum atomic E-state index is -4.09. The van der Waals surface area contributed by atoms with Gasteiger partial charge in [-0.3, -0.25) is 14.5 Å². The fraction of sp³-hybridized carbons (Fsp3) is 0.176. The molecule has 146 valence electrons. The van der Waals surface area contributed by atoms with Crippen molar-refractivity contribution in [3.63, 3.8) is 0 Å². The largest absolute Gasteiger partial charge is 0.417 e. The molecule has 0 saturated carbocycles. The molecule has 2 aromatic carbocycles. The van der Waals surface area contributed by atoms with Gasteiger partial charge in [0.1, 0.15) is 9.92 Å². The smallest absolute Gasteiger partial charge is 0.406 e. The number of halogens is 2. The molecule has 0 unspecified atom stereocenters. The van der Waals surface area contributed by atoms with Gasteiger partial charge < -0.3 is 9.32 Å². The molecule has 0 aliphatic carbocycles. The Morgan fingerprint density at radius 2 is 2.00 bits per heavy atom. The van der Waals surface area contributed by atoms with Crippen LogP contribution >= 0.6 is 27.5 Å². The van der Waals surface area contributed by atoms with Gasteiger partial charge in [-0.1, -0.05) is 17.7 Å². The normalized spacial score (nSPS) is 13.8. The zero-order valence-corrected chi connectivity index (χ0v) is 17.5. The number of anilines is 1. The number of hydrogen-bond acceptors (Lipinski definition) is 5. The van der Waals surface area contributed by atoms with Gasteiger partial charge in [0.25, 0.3) is 10.0 Å². The van der Waals surface area contributed by atoms with Crippen molar-refractivity contribution in [3.05, 3.63) is 55.4 Å². The van der Waals surface area contributed by atoms with Crippen molar-refractivity contribution < 1.29 is 17.6 Å². The van der Waals surface area contributed by atoms with Crippen LogP contribution in [0.5, 0.6) is 0 Å². The predicted octanol–water partition coefficient (Wildman–Crippen LogP) is 3.20. The molecule has 0 bridgehead atoms. The summed E-state index contributed by atoms with van der Waals surface area (Å²) in [6, 6.07) is 6.50. The fourth-order valence-electron chi connectivity index (χ4n) is 3.14. The van der Waals surface area contributed by atoms with Crippen LogP contribution in [0.2, 0.25) is 5.02 Å². The number of benzene rings is 2. The summed E-state index contributed by atoms with van der Waals surface area (Å²) in [7, 11) is -4.09. The summed E-state index contributed by atoms with van der Waals surface area (Å²) in [6.07, 6.45) is 0. The lowest BCUT2D eigenvalue weighted by atomic mass is 10.1. The number of oxazole rings is 1. The third-order valence-electron chi connectivity index (χ3n) is 4.46. The molecular formula is C17H13BrClN3O5S. The molecule has 1 aliphatic rings. The maximum atomic E-state index is 12.9. The zero-order chi connectivity index (χ0) is 20.2. The topological polar surface area (TPSA) is 112 Å². The summed E-state index contributed by atoms with van der Waals surface area (Å²) < 4.78 is 33.5. The number of fused-ring (bicyclic) bond motifs is 2.